The first-order valence-corrected chi connectivity index (χ1v) is 3.33. The molecule has 0 bridgehead atoms. The molecule has 0 aromatic heterocycles. The summed E-state index contributed by atoms with van der Waals surface area (Å²) in [5, 5.41) is 24.5. The van der Waals surface area contributed by atoms with Crippen LogP contribution in [0.25, 0.3) is 0 Å². The minimum absolute atomic E-state index is 0.268. The summed E-state index contributed by atoms with van der Waals surface area (Å²) in [7, 11) is 0. The number of hydrogen-bond acceptors (Lipinski definition) is 9. The van der Waals surface area contributed by atoms with Crippen LogP contribution in [0.1, 0.15) is 0 Å². The molecule has 0 saturated heterocycles. The quantitative estimate of drug-likeness (QED) is 0.142. The summed E-state index contributed by atoms with van der Waals surface area (Å²) < 4.78 is -0.383. The van der Waals surface area contributed by atoms with E-state index in [1.54, 1.807) is 0 Å². The number of carbonyl (C=O) groups excluding carboxylic acids is 2. The van der Waals surface area contributed by atoms with Gasteiger partial charge in [0.15, 0.2) is 6.19 Å². The molecule has 12 heteroatoms. The number of hydrazine groups is 1. The van der Waals surface area contributed by atoms with E-state index in [1.807, 2.05) is 0 Å². The van der Waals surface area contributed by atoms with E-state index in [9.17, 15) is 19.7 Å². The summed E-state index contributed by atoms with van der Waals surface area (Å²) in [6.45, 7) is 0. The second-order valence-corrected chi connectivity index (χ2v) is 2.09. The second kappa shape index (κ2) is 5.47. The molecule has 0 heterocycles. The minimum Gasteiger partial charge on any atom is -0.274 e. The molecule has 0 radical (unpaired) electrons. The lowest BCUT2D eigenvalue weighted by molar-refractivity contribution is -0.728. The van der Waals surface area contributed by atoms with E-state index >= 15 is 0 Å². The van der Waals surface area contributed by atoms with Crippen LogP contribution in [0.4, 0.5) is 9.59 Å². The molecule has 2 N–H and O–H groups in total. The van der Waals surface area contributed by atoms with Gasteiger partial charge in [-0.15, -0.1) is 19.6 Å². The Morgan fingerprint density at radius 1 is 1.67 bits per heavy atom. The molecule has 0 atom stereocenters. The van der Waals surface area contributed by atoms with Crippen LogP contribution >= 0.6 is 12.8 Å². The van der Waals surface area contributed by atoms with E-state index in [4.69, 9.17) is 10.5 Å². The van der Waals surface area contributed by atoms with Gasteiger partial charge in [0.25, 0.3) is 0 Å². The maximum atomic E-state index is 10.8. The fourth-order valence-corrected chi connectivity index (χ4v) is 0.505. The topological polar surface area (TPSA) is 149 Å². The van der Waals surface area contributed by atoms with Crippen LogP contribution in [0.2, 0.25) is 0 Å². The standard InChI is InChI=1S/C3H3N5O6S/c4-1-5-6(2(9)7(11)15)3(10)14-8(12)13/h5,11,15H. The predicted octanol–water partition coefficient (Wildman–Crippen LogP) is -0.742. The third kappa shape index (κ3) is 3.97. The maximum Gasteiger partial charge on any atom is 0.426 e. The Morgan fingerprint density at radius 3 is 2.53 bits per heavy atom. The molecule has 3 amide bonds. The minimum atomic E-state index is -1.82. The maximum absolute atomic E-state index is 10.8. The number of nitriles is 1. The van der Waals surface area contributed by atoms with Crippen molar-refractivity contribution in [2.24, 2.45) is 0 Å². The molecule has 0 aliphatic heterocycles. The van der Waals surface area contributed by atoms with E-state index < -0.39 is 17.2 Å². The number of nitrogens with zero attached hydrogens (tertiary/aromatic N) is 4. The Kier molecular flexibility index (Phi) is 4.64. The lowest BCUT2D eigenvalue weighted by Crippen LogP contribution is -2.49. The number of carbonyl (C=O) groups is 2. The average Bonchev–Trinajstić information content (AvgIpc) is 2.11. The molecule has 0 rings (SSSR count). The molecule has 0 fully saturated rings. The highest BCUT2D eigenvalue weighted by Crippen LogP contribution is 1.98. The van der Waals surface area contributed by atoms with E-state index in [0.29, 0.717) is 0 Å². The van der Waals surface area contributed by atoms with E-state index in [1.165, 1.54) is 5.43 Å². The summed E-state index contributed by atoms with van der Waals surface area (Å²) in [5.41, 5.74) is 1.43. The highest BCUT2D eigenvalue weighted by atomic mass is 32.1. The normalized spacial score (nSPS) is 8.33. The van der Waals surface area contributed by atoms with Gasteiger partial charge in [-0.05, 0) is 12.8 Å². The third-order valence-corrected chi connectivity index (χ3v) is 1.03. The van der Waals surface area contributed by atoms with Gasteiger partial charge in [0.1, 0.15) is 0 Å². The van der Waals surface area contributed by atoms with Crippen LogP contribution in [0, 0.1) is 21.6 Å². The van der Waals surface area contributed by atoms with Crippen molar-refractivity contribution in [3.05, 3.63) is 10.1 Å². The molecular formula is C3H3N5O6S. The van der Waals surface area contributed by atoms with Gasteiger partial charge in [-0.25, -0.2) is 19.9 Å². The fourth-order valence-electron chi connectivity index (χ4n) is 0.416. The Bertz CT molecular complexity index is 323. The summed E-state index contributed by atoms with van der Waals surface area (Å²) in [5.74, 6) is 0. The van der Waals surface area contributed by atoms with Crippen molar-refractivity contribution in [2.45, 2.75) is 0 Å². The fraction of sp³-hybridized carbons (Fsp3) is 0. The molecule has 82 valence electrons. The smallest absolute Gasteiger partial charge is 0.274 e. The molecule has 0 aromatic rings. The van der Waals surface area contributed by atoms with Gasteiger partial charge in [-0.2, -0.15) is 5.26 Å². The molecule has 0 saturated carbocycles. The first-order chi connectivity index (χ1) is 6.90. The molecular weight excluding hydrogens is 234 g/mol. The predicted molar refractivity (Wildman–Crippen MR) is 42.1 cm³/mol. The van der Waals surface area contributed by atoms with Crippen molar-refractivity contribution in [1.29, 1.82) is 5.26 Å². The van der Waals surface area contributed by atoms with Crippen LogP contribution in [0.15, 0.2) is 0 Å². The van der Waals surface area contributed by atoms with Gasteiger partial charge in [-0.3, -0.25) is 5.21 Å². The Morgan fingerprint density at radius 2 is 2.20 bits per heavy atom. The number of hydrogen-bond donors (Lipinski definition) is 3. The van der Waals surface area contributed by atoms with Crippen molar-refractivity contribution in [1.82, 2.24) is 14.9 Å². The highest BCUT2D eigenvalue weighted by Gasteiger charge is 2.27. The zero-order chi connectivity index (χ0) is 12.0. The molecule has 0 aromatic carbocycles. The number of hydroxylamine groups is 1. The van der Waals surface area contributed by atoms with Gasteiger partial charge < -0.3 is 0 Å². The molecule has 0 aliphatic carbocycles. The largest absolute Gasteiger partial charge is 0.426 e. The average molecular weight is 237 g/mol. The van der Waals surface area contributed by atoms with Gasteiger partial charge in [0.2, 0.25) is 0 Å². The van der Waals surface area contributed by atoms with Gasteiger partial charge in [-0.1, -0.05) is 0 Å². The number of urea groups is 1. The van der Waals surface area contributed by atoms with Crippen LogP contribution < -0.4 is 5.43 Å². The van der Waals surface area contributed by atoms with Gasteiger partial charge >= 0.3 is 17.2 Å². The molecule has 15 heavy (non-hydrogen) atoms. The first-order valence-electron chi connectivity index (χ1n) is 2.93. The zero-order valence-corrected chi connectivity index (χ0v) is 7.62. The van der Waals surface area contributed by atoms with Crippen molar-refractivity contribution >= 4 is 24.9 Å². The van der Waals surface area contributed by atoms with E-state index in [-0.39, 0.29) is 9.48 Å². The molecule has 11 nitrogen and oxygen atoms in total. The van der Waals surface area contributed by atoms with Gasteiger partial charge in [0.05, 0.1) is 0 Å². The van der Waals surface area contributed by atoms with Crippen molar-refractivity contribution < 1.29 is 24.7 Å². The van der Waals surface area contributed by atoms with Crippen LogP contribution in [0.5, 0.6) is 0 Å². The van der Waals surface area contributed by atoms with Crippen LogP contribution in [0.3, 0.4) is 0 Å². The lowest BCUT2D eigenvalue weighted by Gasteiger charge is -2.17. The second-order valence-electron chi connectivity index (χ2n) is 1.71. The highest BCUT2D eigenvalue weighted by molar-refractivity contribution is 7.78. The number of thiol groups is 1. The number of nitrogens with one attached hydrogen (secondary N) is 1. The number of rotatable bonds is 2. The number of imide groups is 1. The molecule has 0 aliphatic rings. The van der Waals surface area contributed by atoms with E-state index in [0.717, 1.165) is 6.19 Å². The zero-order valence-electron chi connectivity index (χ0n) is 6.72. The SMILES string of the molecule is N#CNN(C(=O)O[N+](=O)[O-])C(=O)N(O)S. The third-order valence-electron chi connectivity index (χ3n) is 0.859. The summed E-state index contributed by atoms with van der Waals surface area (Å²) in [4.78, 5) is 34.7. The monoisotopic (exact) mass is 237 g/mol. The molecule has 0 unspecified atom stereocenters. The lowest BCUT2D eigenvalue weighted by atomic mass is 10.9. The number of amides is 3. The summed E-state index contributed by atoms with van der Waals surface area (Å²) in [6.07, 6.45) is -0.702. The van der Waals surface area contributed by atoms with Crippen LogP contribution in [-0.4, -0.2) is 31.9 Å². The Hall–Kier alpha value is -2.26. The summed E-state index contributed by atoms with van der Waals surface area (Å²) in [6, 6.07) is -1.56. The first kappa shape index (κ1) is 12.7. The summed E-state index contributed by atoms with van der Waals surface area (Å²) >= 11 is 3.08. The van der Waals surface area contributed by atoms with Crippen molar-refractivity contribution in [3.8, 4) is 6.19 Å². The van der Waals surface area contributed by atoms with Crippen molar-refractivity contribution in [3.63, 3.8) is 0 Å². The van der Waals surface area contributed by atoms with Crippen LogP contribution in [-0.2, 0) is 4.84 Å². The Balaban J connectivity index is 4.67. The Labute approximate surface area is 87.0 Å². The van der Waals surface area contributed by atoms with E-state index in [2.05, 4.69) is 17.7 Å². The van der Waals surface area contributed by atoms with Crippen molar-refractivity contribution in [2.75, 3.05) is 0 Å². The molecule has 0 spiro atoms. The van der Waals surface area contributed by atoms with Gasteiger partial charge in [0, 0.05) is 0 Å².